The van der Waals surface area contributed by atoms with E-state index in [0.717, 1.165) is 5.56 Å². The van der Waals surface area contributed by atoms with Gasteiger partial charge in [-0.3, -0.25) is 0 Å². The zero-order chi connectivity index (χ0) is 10.8. The van der Waals surface area contributed by atoms with Crippen LogP contribution in [0.3, 0.4) is 0 Å². The van der Waals surface area contributed by atoms with Crippen molar-refractivity contribution >= 4 is 0 Å². The summed E-state index contributed by atoms with van der Waals surface area (Å²) in [6.07, 6.45) is -0.767. The van der Waals surface area contributed by atoms with Gasteiger partial charge in [0.05, 0.1) is 6.07 Å². The molecule has 0 radical (unpaired) electrons. The van der Waals surface area contributed by atoms with Gasteiger partial charge in [-0.25, -0.2) is 8.78 Å². The van der Waals surface area contributed by atoms with Crippen molar-refractivity contribution in [3.63, 3.8) is 0 Å². The lowest BCUT2D eigenvalue weighted by Gasteiger charge is -2.15. The maximum Gasteiger partial charge on any atom is 0.286 e. The number of hydrogen-bond acceptors (Lipinski definition) is 1. The molecule has 0 saturated heterocycles. The molecule has 0 aliphatic heterocycles. The minimum atomic E-state index is -3.04. The molecule has 0 saturated carbocycles. The molecule has 1 aromatic carbocycles. The minimum absolute atomic E-state index is 0.0512. The van der Waals surface area contributed by atoms with E-state index in [2.05, 4.69) is 0 Å². The lowest BCUT2D eigenvalue weighted by atomic mass is 9.99. The molecule has 14 heavy (non-hydrogen) atoms. The zero-order valence-corrected chi connectivity index (χ0v) is 8.14. The van der Waals surface area contributed by atoms with Crippen molar-refractivity contribution in [3.05, 3.63) is 34.9 Å². The first-order valence-electron chi connectivity index (χ1n) is 4.30. The summed E-state index contributed by atoms with van der Waals surface area (Å²) >= 11 is 0. The van der Waals surface area contributed by atoms with Crippen LogP contribution in [0.4, 0.5) is 8.78 Å². The van der Waals surface area contributed by atoms with E-state index in [1.54, 1.807) is 19.1 Å². The Morgan fingerprint density at radius 3 is 2.50 bits per heavy atom. The smallest absolute Gasteiger partial charge is 0.200 e. The largest absolute Gasteiger partial charge is 0.286 e. The number of nitrogens with zero attached hydrogens (tertiary/aromatic N) is 1. The van der Waals surface area contributed by atoms with Gasteiger partial charge in [0, 0.05) is 5.56 Å². The van der Waals surface area contributed by atoms with Crippen LogP contribution in [0.15, 0.2) is 18.2 Å². The molecule has 0 aliphatic carbocycles. The van der Waals surface area contributed by atoms with Crippen molar-refractivity contribution < 1.29 is 8.78 Å². The molecule has 74 valence electrons. The van der Waals surface area contributed by atoms with Gasteiger partial charge < -0.3 is 0 Å². The number of rotatable bonds is 2. The molecule has 0 aliphatic rings. The zero-order valence-electron chi connectivity index (χ0n) is 8.14. The quantitative estimate of drug-likeness (QED) is 0.710. The van der Waals surface area contributed by atoms with E-state index >= 15 is 0 Å². The molecule has 0 fully saturated rings. The highest BCUT2D eigenvalue weighted by Crippen LogP contribution is 2.33. The third kappa shape index (κ3) is 2.08. The van der Waals surface area contributed by atoms with Crippen molar-refractivity contribution in [2.75, 3.05) is 0 Å². The maximum atomic E-state index is 13.3. The van der Waals surface area contributed by atoms with Crippen LogP contribution in [-0.4, -0.2) is 0 Å². The molecule has 0 bridgehead atoms. The second-order valence-electron chi connectivity index (χ2n) is 3.36. The lowest BCUT2D eigenvalue weighted by Crippen LogP contribution is -2.14. The first-order chi connectivity index (χ1) is 6.47. The number of halogens is 2. The molecule has 0 N–H and O–H groups in total. The summed E-state index contributed by atoms with van der Waals surface area (Å²) in [5.41, 5.74) is 1.42. The normalized spacial score (nSPS) is 11.1. The fourth-order valence-electron chi connectivity index (χ4n) is 1.42. The number of nitriles is 1. The van der Waals surface area contributed by atoms with Crippen LogP contribution < -0.4 is 0 Å². The molecular weight excluding hydrogens is 184 g/mol. The van der Waals surface area contributed by atoms with E-state index in [4.69, 9.17) is 5.26 Å². The van der Waals surface area contributed by atoms with Crippen molar-refractivity contribution in [2.45, 2.75) is 26.2 Å². The van der Waals surface area contributed by atoms with E-state index in [9.17, 15) is 8.78 Å². The van der Waals surface area contributed by atoms with Gasteiger partial charge in [0.25, 0.3) is 5.92 Å². The fourth-order valence-corrected chi connectivity index (χ4v) is 1.42. The number of alkyl halides is 2. The fraction of sp³-hybridized carbons (Fsp3) is 0.364. The van der Waals surface area contributed by atoms with Gasteiger partial charge in [0.15, 0.2) is 0 Å². The van der Waals surface area contributed by atoms with Crippen molar-refractivity contribution in [1.82, 2.24) is 0 Å². The summed E-state index contributed by atoms with van der Waals surface area (Å²) in [4.78, 5) is 0. The standard InChI is InChI=1S/C11H11F2N/c1-8-3-4-10(9(2)7-8)11(12,13)5-6-14/h3-4,7H,5H2,1-2H3. The Morgan fingerprint density at radius 1 is 1.36 bits per heavy atom. The molecule has 1 rings (SSSR count). The van der Waals surface area contributed by atoms with E-state index in [-0.39, 0.29) is 5.56 Å². The Morgan fingerprint density at radius 2 is 2.00 bits per heavy atom. The second-order valence-corrected chi connectivity index (χ2v) is 3.36. The van der Waals surface area contributed by atoms with E-state index < -0.39 is 12.3 Å². The third-order valence-electron chi connectivity index (χ3n) is 2.08. The SMILES string of the molecule is Cc1ccc(C(F)(F)CC#N)c(C)c1. The summed E-state index contributed by atoms with van der Waals surface area (Å²) in [6.45, 7) is 3.48. The van der Waals surface area contributed by atoms with Crippen LogP contribution in [0.2, 0.25) is 0 Å². The summed E-state index contributed by atoms with van der Waals surface area (Å²) in [6, 6.07) is 6.22. The Labute approximate surface area is 82.0 Å². The van der Waals surface area contributed by atoms with Gasteiger partial charge in [-0.1, -0.05) is 23.8 Å². The third-order valence-corrected chi connectivity index (χ3v) is 2.08. The molecule has 1 nitrogen and oxygen atoms in total. The molecule has 0 unspecified atom stereocenters. The van der Waals surface area contributed by atoms with Gasteiger partial charge in [-0.05, 0) is 19.4 Å². The molecule has 0 amide bonds. The minimum Gasteiger partial charge on any atom is -0.200 e. The van der Waals surface area contributed by atoms with E-state index in [1.807, 2.05) is 6.92 Å². The summed E-state index contributed by atoms with van der Waals surface area (Å²) in [5.74, 6) is -3.04. The number of hydrogen-bond donors (Lipinski definition) is 0. The average molecular weight is 195 g/mol. The Hall–Kier alpha value is -1.43. The molecule has 0 aromatic heterocycles. The second kappa shape index (κ2) is 3.75. The van der Waals surface area contributed by atoms with Crippen molar-refractivity contribution in [3.8, 4) is 6.07 Å². The Bertz CT molecular complexity index is 377. The lowest BCUT2D eigenvalue weighted by molar-refractivity contribution is 0.000323. The van der Waals surface area contributed by atoms with Gasteiger partial charge in [-0.2, -0.15) is 5.26 Å². The predicted molar refractivity (Wildman–Crippen MR) is 50.0 cm³/mol. The molecular formula is C11H11F2N. The van der Waals surface area contributed by atoms with Crippen molar-refractivity contribution in [1.29, 1.82) is 5.26 Å². The summed E-state index contributed by atoms with van der Waals surface area (Å²) < 4.78 is 26.7. The van der Waals surface area contributed by atoms with E-state index in [0.29, 0.717) is 5.56 Å². The molecule has 1 aromatic rings. The van der Waals surface area contributed by atoms with Crippen LogP contribution in [0.5, 0.6) is 0 Å². The highest BCUT2D eigenvalue weighted by atomic mass is 19.3. The van der Waals surface area contributed by atoms with Gasteiger partial charge in [-0.15, -0.1) is 0 Å². The van der Waals surface area contributed by atoms with Crippen LogP contribution >= 0.6 is 0 Å². The van der Waals surface area contributed by atoms with E-state index in [1.165, 1.54) is 12.1 Å². The average Bonchev–Trinajstić information content (AvgIpc) is 2.02. The maximum absolute atomic E-state index is 13.3. The topological polar surface area (TPSA) is 23.8 Å². The van der Waals surface area contributed by atoms with Crippen LogP contribution in [-0.2, 0) is 5.92 Å². The van der Waals surface area contributed by atoms with Crippen LogP contribution in [0, 0.1) is 25.2 Å². The monoisotopic (exact) mass is 195 g/mol. The highest BCUT2D eigenvalue weighted by Gasteiger charge is 2.32. The predicted octanol–water partition coefficient (Wildman–Crippen LogP) is 3.31. The van der Waals surface area contributed by atoms with Gasteiger partial charge in [0.2, 0.25) is 0 Å². The molecule has 0 spiro atoms. The summed E-state index contributed by atoms with van der Waals surface area (Å²) in [5, 5.41) is 8.28. The van der Waals surface area contributed by atoms with Gasteiger partial charge in [0.1, 0.15) is 6.42 Å². The first-order valence-corrected chi connectivity index (χ1v) is 4.30. The molecule has 3 heteroatoms. The Balaban J connectivity index is 3.14. The number of benzene rings is 1. The summed E-state index contributed by atoms with van der Waals surface area (Å²) in [7, 11) is 0. The highest BCUT2D eigenvalue weighted by molar-refractivity contribution is 5.33. The molecule has 0 atom stereocenters. The van der Waals surface area contributed by atoms with Crippen LogP contribution in [0.25, 0.3) is 0 Å². The van der Waals surface area contributed by atoms with Crippen LogP contribution in [0.1, 0.15) is 23.1 Å². The van der Waals surface area contributed by atoms with Gasteiger partial charge >= 0.3 is 0 Å². The number of aryl methyl sites for hydroxylation is 2. The first kappa shape index (κ1) is 10.6. The van der Waals surface area contributed by atoms with Crippen molar-refractivity contribution in [2.24, 2.45) is 0 Å². The Kier molecular flexibility index (Phi) is 2.85. The molecule has 0 heterocycles.